The zero-order chi connectivity index (χ0) is 7.66. The highest BCUT2D eigenvalue weighted by Crippen LogP contribution is 2.04. The van der Waals surface area contributed by atoms with Crippen LogP contribution in [0.4, 0.5) is 0 Å². The second kappa shape index (κ2) is 8.92. The highest BCUT2D eigenvalue weighted by Gasteiger charge is 1.88. The Morgan fingerprint density at radius 3 is 2.10 bits per heavy atom. The van der Waals surface area contributed by atoms with Gasteiger partial charge in [-0.2, -0.15) is 0 Å². The molecular formula is C8H17O2. The number of aliphatic hydroxyl groups excluding tert-OH is 2. The van der Waals surface area contributed by atoms with Crippen molar-refractivity contribution in [3.63, 3.8) is 0 Å². The molecule has 0 saturated heterocycles. The maximum Gasteiger partial charge on any atom is 0.0799 e. The summed E-state index contributed by atoms with van der Waals surface area (Å²) in [6.07, 6.45) is 6.25. The Labute approximate surface area is 62.9 Å². The third kappa shape index (κ3) is 7.92. The third-order valence-electron chi connectivity index (χ3n) is 1.49. The number of hydrogen-bond acceptors (Lipinski definition) is 2. The van der Waals surface area contributed by atoms with E-state index in [2.05, 4.69) is 0 Å². The molecule has 0 unspecified atom stereocenters. The quantitative estimate of drug-likeness (QED) is 0.537. The van der Waals surface area contributed by atoms with Gasteiger partial charge < -0.3 is 10.2 Å². The fourth-order valence-corrected chi connectivity index (χ4v) is 0.878. The monoisotopic (exact) mass is 145 g/mol. The summed E-state index contributed by atoms with van der Waals surface area (Å²) in [6.45, 7) is 1.53. The fraction of sp³-hybridized carbons (Fsp3) is 0.875. The second-order valence-electron chi connectivity index (χ2n) is 2.46. The van der Waals surface area contributed by atoms with E-state index < -0.39 is 0 Å². The predicted molar refractivity (Wildman–Crippen MR) is 41.0 cm³/mol. The van der Waals surface area contributed by atoms with Gasteiger partial charge in [-0.05, 0) is 12.8 Å². The molecule has 0 aromatic carbocycles. The van der Waals surface area contributed by atoms with Crippen LogP contribution in [-0.2, 0) is 0 Å². The molecule has 0 aliphatic heterocycles. The van der Waals surface area contributed by atoms with Gasteiger partial charge in [0.25, 0.3) is 0 Å². The molecule has 10 heavy (non-hydrogen) atoms. The highest BCUT2D eigenvalue weighted by molar-refractivity contribution is 4.48. The lowest BCUT2D eigenvalue weighted by Gasteiger charge is -1.97. The maximum atomic E-state index is 8.42. The van der Waals surface area contributed by atoms with Crippen LogP contribution in [0.25, 0.3) is 0 Å². The van der Waals surface area contributed by atoms with Crippen LogP contribution < -0.4 is 0 Å². The Bertz CT molecular complexity index is 47.2. The Morgan fingerprint density at radius 2 is 1.50 bits per heavy atom. The molecule has 0 fully saturated rings. The van der Waals surface area contributed by atoms with Crippen LogP contribution in [0, 0.1) is 6.61 Å². The van der Waals surface area contributed by atoms with Gasteiger partial charge in [-0.25, -0.2) is 0 Å². The van der Waals surface area contributed by atoms with Gasteiger partial charge in [0.15, 0.2) is 0 Å². The average Bonchev–Trinajstić information content (AvgIpc) is 1.97. The summed E-state index contributed by atoms with van der Waals surface area (Å²) in [5, 5.41) is 16.7. The Kier molecular flexibility index (Phi) is 8.85. The van der Waals surface area contributed by atoms with E-state index in [0.717, 1.165) is 32.1 Å². The van der Waals surface area contributed by atoms with Crippen LogP contribution in [0.2, 0.25) is 0 Å². The topological polar surface area (TPSA) is 40.5 Å². The van der Waals surface area contributed by atoms with Gasteiger partial charge >= 0.3 is 0 Å². The van der Waals surface area contributed by atoms with E-state index in [1.54, 1.807) is 0 Å². The first-order chi connectivity index (χ1) is 4.91. The highest BCUT2D eigenvalue weighted by atomic mass is 16.3. The van der Waals surface area contributed by atoms with Gasteiger partial charge in [-0.3, -0.25) is 0 Å². The fourth-order valence-electron chi connectivity index (χ4n) is 0.878. The van der Waals surface area contributed by atoms with Gasteiger partial charge in [-0.1, -0.05) is 25.7 Å². The molecule has 0 spiro atoms. The van der Waals surface area contributed by atoms with Crippen molar-refractivity contribution in [3.05, 3.63) is 6.61 Å². The molecule has 0 atom stereocenters. The van der Waals surface area contributed by atoms with Crippen molar-refractivity contribution in [2.24, 2.45) is 0 Å². The molecule has 0 heterocycles. The summed E-state index contributed by atoms with van der Waals surface area (Å²) >= 11 is 0. The smallest absolute Gasteiger partial charge is 0.0799 e. The molecule has 2 N–H and O–H groups in total. The molecule has 0 aliphatic carbocycles. The van der Waals surface area contributed by atoms with Gasteiger partial charge in [0.2, 0.25) is 0 Å². The molecular weight excluding hydrogens is 128 g/mol. The summed E-state index contributed by atoms with van der Waals surface area (Å²) in [6, 6.07) is 0. The summed E-state index contributed by atoms with van der Waals surface area (Å²) in [5.74, 6) is 0. The molecule has 0 rings (SSSR count). The molecule has 0 aromatic heterocycles. The van der Waals surface area contributed by atoms with Crippen molar-refractivity contribution >= 4 is 0 Å². The van der Waals surface area contributed by atoms with Crippen molar-refractivity contribution < 1.29 is 10.2 Å². The summed E-state index contributed by atoms with van der Waals surface area (Å²) < 4.78 is 0. The van der Waals surface area contributed by atoms with E-state index in [1.165, 1.54) is 13.0 Å². The molecule has 2 nitrogen and oxygen atoms in total. The molecule has 0 amide bonds. The predicted octanol–water partition coefficient (Wildman–Crippen LogP) is 1.85. The van der Waals surface area contributed by atoms with Crippen LogP contribution in [0.5, 0.6) is 0 Å². The van der Waals surface area contributed by atoms with Crippen molar-refractivity contribution in [1.82, 2.24) is 0 Å². The minimum Gasteiger partial charge on any atom is -0.396 e. The van der Waals surface area contributed by atoms with E-state index in [4.69, 9.17) is 10.2 Å². The van der Waals surface area contributed by atoms with Crippen molar-refractivity contribution in [1.29, 1.82) is 0 Å². The van der Waals surface area contributed by atoms with Crippen LogP contribution in [-0.4, -0.2) is 16.8 Å². The molecule has 0 aliphatic rings. The lowest BCUT2D eigenvalue weighted by Crippen LogP contribution is -1.83. The first-order valence-corrected chi connectivity index (χ1v) is 3.98. The van der Waals surface area contributed by atoms with Crippen LogP contribution >= 0.6 is 0 Å². The maximum absolute atomic E-state index is 8.42. The minimum absolute atomic E-state index is 0.312. The first kappa shape index (κ1) is 9.92. The lowest BCUT2D eigenvalue weighted by molar-refractivity contribution is 0.282. The van der Waals surface area contributed by atoms with Gasteiger partial charge in [0, 0.05) is 6.61 Å². The zero-order valence-electron chi connectivity index (χ0n) is 6.42. The zero-order valence-corrected chi connectivity index (χ0v) is 6.42. The first-order valence-electron chi connectivity index (χ1n) is 3.98. The van der Waals surface area contributed by atoms with Gasteiger partial charge in [0.05, 0.1) is 6.61 Å². The Hall–Kier alpha value is -0.0800. The molecule has 0 aromatic rings. The van der Waals surface area contributed by atoms with E-state index in [1.807, 2.05) is 0 Å². The Morgan fingerprint density at radius 1 is 0.900 bits per heavy atom. The van der Waals surface area contributed by atoms with Crippen molar-refractivity contribution in [3.8, 4) is 0 Å². The van der Waals surface area contributed by atoms with Crippen LogP contribution in [0.15, 0.2) is 0 Å². The average molecular weight is 145 g/mol. The number of hydrogen-bond donors (Lipinski definition) is 2. The van der Waals surface area contributed by atoms with Crippen molar-refractivity contribution in [2.75, 3.05) is 6.61 Å². The molecule has 0 saturated carbocycles. The van der Waals surface area contributed by atoms with E-state index in [9.17, 15) is 0 Å². The minimum atomic E-state index is 0.312. The molecule has 61 valence electrons. The van der Waals surface area contributed by atoms with Crippen LogP contribution in [0.1, 0.15) is 38.5 Å². The number of unbranched alkanes of at least 4 members (excludes halogenated alkanes) is 5. The second-order valence-corrected chi connectivity index (χ2v) is 2.46. The Balaban J connectivity index is 2.65. The van der Waals surface area contributed by atoms with Gasteiger partial charge in [-0.15, -0.1) is 0 Å². The number of aliphatic hydroxyl groups is 2. The van der Waals surface area contributed by atoms with E-state index >= 15 is 0 Å². The summed E-state index contributed by atoms with van der Waals surface area (Å²) in [7, 11) is 0. The summed E-state index contributed by atoms with van der Waals surface area (Å²) in [5.41, 5.74) is 0. The standard InChI is InChI=1S/C8H17O2/c9-7-5-3-1-2-4-6-8-10/h7,9-10H,1-6,8H2. The van der Waals surface area contributed by atoms with E-state index in [-0.39, 0.29) is 0 Å². The lowest BCUT2D eigenvalue weighted by atomic mass is 10.1. The SMILES string of the molecule is O[CH]CCCCCCCO. The molecule has 2 heteroatoms. The number of rotatable bonds is 7. The van der Waals surface area contributed by atoms with Crippen molar-refractivity contribution in [2.45, 2.75) is 38.5 Å². The van der Waals surface area contributed by atoms with Gasteiger partial charge in [0.1, 0.15) is 0 Å². The normalized spacial score (nSPS) is 10.2. The van der Waals surface area contributed by atoms with E-state index in [0.29, 0.717) is 6.61 Å². The molecule has 0 bridgehead atoms. The molecule has 1 radical (unpaired) electrons. The largest absolute Gasteiger partial charge is 0.396 e. The third-order valence-corrected chi connectivity index (χ3v) is 1.49. The van der Waals surface area contributed by atoms with Crippen LogP contribution in [0.3, 0.4) is 0 Å². The summed E-state index contributed by atoms with van der Waals surface area (Å²) in [4.78, 5) is 0.